The Balaban J connectivity index is 1.48. The minimum Gasteiger partial charge on any atom is -0.343 e. The third-order valence-electron chi connectivity index (χ3n) is 7.65. The molecule has 7 nitrogen and oxygen atoms in total. The third-order valence-corrected chi connectivity index (χ3v) is 7.65. The Kier molecular flexibility index (Phi) is 5.75. The zero-order valence-electron chi connectivity index (χ0n) is 20.7. The summed E-state index contributed by atoms with van der Waals surface area (Å²) in [5, 5.41) is 1.07. The van der Waals surface area contributed by atoms with Crippen LogP contribution in [-0.2, 0) is 16.6 Å². The Morgan fingerprint density at radius 2 is 1.57 bits per heavy atom. The minimum atomic E-state index is -0.398. The Morgan fingerprint density at radius 1 is 0.892 bits per heavy atom. The molecule has 0 saturated carbocycles. The average molecular weight is 493 g/mol. The summed E-state index contributed by atoms with van der Waals surface area (Å²) < 4.78 is 2.18. The zero-order valence-corrected chi connectivity index (χ0v) is 20.7. The molecule has 1 saturated heterocycles. The van der Waals surface area contributed by atoms with Gasteiger partial charge in [-0.05, 0) is 23.3 Å². The molecule has 1 aromatic heterocycles. The Morgan fingerprint density at radius 3 is 2.32 bits per heavy atom. The van der Waals surface area contributed by atoms with Crippen molar-refractivity contribution in [2.45, 2.75) is 6.04 Å². The molecule has 0 unspecified atom stereocenters. The van der Waals surface area contributed by atoms with Crippen LogP contribution in [0.1, 0.15) is 27.5 Å². The van der Waals surface area contributed by atoms with Crippen LogP contribution in [0.25, 0.3) is 22.2 Å². The molecule has 0 aliphatic carbocycles. The second kappa shape index (κ2) is 9.24. The Bertz CT molecular complexity index is 1500. The fourth-order valence-electron chi connectivity index (χ4n) is 5.81. The standard InChI is InChI=1S/C30H28N4O3/c1-31-25-14-8-7-13-24(25)27(28(31)21-9-3-2-4-10-21)29-22-11-5-6-12-23(22)30(37)34(29)19-26(36)33-17-15-32(20-35)16-18-33/h2-14,20,29H,15-19H2,1H3/t29-/m0/s1. The number of rotatable bonds is 5. The predicted octanol–water partition coefficient (Wildman–Crippen LogP) is 3.69. The van der Waals surface area contributed by atoms with E-state index in [1.54, 1.807) is 14.7 Å². The van der Waals surface area contributed by atoms with Crippen molar-refractivity contribution in [3.8, 4) is 11.3 Å². The van der Waals surface area contributed by atoms with Gasteiger partial charge in [-0.1, -0.05) is 66.7 Å². The first-order valence-corrected chi connectivity index (χ1v) is 12.6. The van der Waals surface area contributed by atoms with E-state index in [-0.39, 0.29) is 18.4 Å². The summed E-state index contributed by atoms with van der Waals surface area (Å²) in [6.45, 7) is 1.95. The van der Waals surface area contributed by atoms with Crippen LogP contribution < -0.4 is 0 Å². The second-order valence-electron chi connectivity index (χ2n) is 9.65. The molecule has 7 heteroatoms. The number of piperazine rings is 1. The number of aryl methyl sites for hydroxylation is 1. The monoisotopic (exact) mass is 492 g/mol. The molecule has 3 aromatic carbocycles. The largest absolute Gasteiger partial charge is 0.343 e. The highest BCUT2D eigenvalue weighted by molar-refractivity contribution is 6.03. The van der Waals surface area contributed by atoms with E-state index in [9.17, 15) is 14.4 Å². The maximum absolute atomic E-state index is 13.8. The van der Waals surface area contributed by atoms with Gasteiger partial charge in [-0.25, -0.2) is 0 Å². The lowest BCUT2D eigenvalue weighted by Crippen LogP contribution is -2.51. The van der Waals surface area contributed by atoms with Crippen molar-refractivity contribution in [3.63, 3.8) is 0 Å². The summed E-state index contributed by atoms with van der Waals surface area (Å²) in [5.41, 5.74) is 5.75. The zero-order chi connectivity index (χ0) is 25.5. The maximum Gasteiger partial charge on any atom is 0.255 e. The van der Waals surface area contributed by atoms with E-state index < -0.39 is 6.04 Å². The number of hydrogen-bond donors (Lipinski definition) is 0. The number of carbonyl (C=O) groups is 3. The van der Waals surface area contributed by atoms with Gasteiger partial charge in [0.2, 0.25) is 12.3 Å². The quantitative estimate of drug-likeness (QED) is 0.399. The summed E-state index contributed by atoms with van der Waals surface area (Å²) in [6, 6.07) is 25.7. The molecule has 1 fully saturated rings. The van der Waals surface area contributed by atoms with E-state index >= 15 is 0 Å². The summed E-state index contributed by atoms with van der Waals surface area (Å²) >= 11 is 0. The molecule has 3 heterocycles. The highest BCUT2D eigenvalue weighted by Gasteiger charge is 2.42. The molecule has 0 radical (unpaired) electrons. The molecular formula is C30H28N4O3. The lowest BCUT2D eigenvalue weighted by Gasteiger charge is -2.34. The van der Waals surface area contributed by atoms with Crippen molar-refractivity contribution in [1.29, 1.82) is 0 Å². The lowest BCUT2D eigenvalue weighted by atomic mass is 9.93. The fraction of sp³-hybridized carbons (Fsp3) is 0.233. The van der Waals surface area contributed by atoms with Crippen molar-refractivity contribution >= 4 is 29.1 Å². The van der Waals surface area contributed by atoms with Crippen molar-refractivity contribution in [3.05, 3.63) is 95.6 Å². The molecular weight excluding hydrogens is 464 g/mol. The first kappa shape index (κ1) is 23.0. The van der Waals surface area contributed by atoms with E-state index in [1.807, 2.05) is 54.6 Å². The van der Waals surface area contributed by atoms with Crippen LogP contribution in [0.15, 0.2) is 78.9 Å². The van der Waals surface area contributed by atoms with Gasteiger partial charge in [0.15, 0.2) is 0 Å². The highest BCUT2D eigenvalue weighted by atomic mass is 16.2. The van der Waals surface area contributed by atoms with Gasteiger partial charge >= 0.3 is 0 Å². The van der Waals surface area contributed by atoms with E-state index in [0.29, 0.717) is 31.7 Å². The van der Waals surface area contributed by atoms with Crippen LogP contribution in [-0.4, -0.2) is 70.2 Å². The molecule has 0 N–H and O–H groups in total. The van der Waals surface area contributed by atoms with Crippen LogP contribution in [0.3, 0.4) is 0 Å². The summed E-state index contributed by atoms with van der Waals surface area (Å²) in [5.74, 6) is -0.231. The van der Waals surface area contributed by atoms with Crippen molar-refractivity contribution in [1.82, 2.24) is 19.3 Å². The molecule has 186 valence electrons. The fourth-order valence-corrected chi connectivity index (χ4v) is 5.81. The van der Waals surface area contributed by atoms with E-state index in [4.69, 9.17) is 0 Å². The third kappa shape index (κ3) is 3.78. The number of aromatic nitrogens is 1. The second-order valence-corrected chi connectivity index (χ2v) is 9.65. The van der Waals surface area contributed by atoms with Crippen LogP contribution in [0.2, 0.25) is 0 Å². The number of para-hydroxylation sites is 1. The number of carbonyl (C=O) groups excluding carboxylic acids is 3. The van der Waals surface area contributed by atoms with E-state index in [1.165, 1.54) is 0 Å². The van der Waals surface area contributed by atoms with E-state index in [0.717, 1.165) is 39.7 Å². The van der Waals surface area contributed by atoms with Crippen LogP contribution in [0.5, 0.6) is 0 Å². The summed E-state index contributed by atoms with van der Waals surface area (Å²) in [6.07, 6.45) is 0.824. The number of benzene rings is 3. The van der Waals surface area contributed by atoms with Crippen LogP contribution in [0, 0.1) is 0 Å². The maximum atomic E-state index is 13.8. The number of nitrogens with zero attached hydrogens (tertiary/aromatic N) is 4. The van der Waals surface area contributed by atoms with Gasteiger partial charge in [0.05, 0.1) is 11.7 Å². The summed E-state index contributed by atoms with van der Waals surface area (Å²) in [4.78, 5) is 43.5. The van der Waals surface area contributed by atoms with Crippen molar-refractivity contribution in [2.24, 2.45) is 7.05 Å². The summed E-state index contributed by atoms with van der Waals surface area (Å²) in [7, 11) is 2.05. The van der Waals surface area contributed by atoms with Crippen molar-refractivity contribution < 1.29 is 14.4 Å². The normalized spacial score (nSPS) is 17.4. The topological polar surface area (TPSA) is 65.9 Å². The first-order chi connectivity index (χ1) is 18.1. The van der Waals surface area contributed by atoms with Gasteiger partial charge in [-0.15, -0.1) is 0 Å². The molecule has 2 aliphatic rings. The molecule has 3 amide bonds. The number of hydrogen-bond acceptors (Lipinski definition) is 3. The smallest absolute Gasteiger partial charge is 0.255 e. The van der Waals surface area contributed by atoms with Gasteiger partial charge in [-0.3, -0.25) is 14.4 Å². The average Bonchev–Trinajstić information content (AvgIpc) is 3.39. The predicted molar refractivity (Wildman–Crippen MR) is 142 cm³/mol. The van der Waals surface area contributed by atoms with E-state index in [2.05, 4.69) is 35.9 Å². The SMILES string of the molecule is Cn1c(-c2ccccc2)c([C@@H]2c3ccccc3C(=O)N2CC(=O)N2CCN(C=O)CC2)c2ccccc21. The van der Waals surface area contributed by atoms with Crippen LogP contribution in [0.4, 0.5) is 0 Å². The molecule has 2 aliphatic heterocycles. The van der Waals surface area contributed by atoms with Gasteiger partial charge < -0.3 is 19.3 Å². The van der Waals surface area contributed by atoms with Gasteiger partial charge in [0.1, 0.15) is 6.54 Å². The lowest BCUT2D eigenvalue weighted by molar-refractivity contribution is -0.135. The molecule has 6 rings (SSSR count). The number of amides is 3. The van der Waals surface area contributed by atoms with Gasteiger partial charge in [0, 0.05) is 55.3 Å². The Hall–Kier alpha value is -4.39. The molecule has 1 atom stereocenters. The van der Waals surface area contributed by atoms with Gasteiger partial charge in [-0.2, -0.15) is 0 Å². The van der Waals surface area contributed by atoms with Crippen LogP contribution >= 0.6 is 0 Å². The molecule has 0 bridgehead atoms. The highest BCUT2D eigenvalue weighted by Crippen LogP contribution is 2.46. The van der Waals surface area contributed by atoms with Gasteiger partial charge in [0.25, 0.3) is 5.91 Å². The molecule has 4 aromatic rings. The minimum absolute atomic E-state index is 0.0171. The molecule has 0 spiro atoms. The number of fused-ring (bicyclic) bond motifs is 2. The first-order valence-electron chi connectivity index (χ1n) is 12.6. The van der Waals surface area contributed by atoms with Crippen molar-refractivity contribution in [2.75, 3.05) is 32.7 Å². The molecule has 37 heavy (non-hydrogen) atoms. The Labute approximate surface area is 215 Å².